The van der Waals surface area contributed by atoms with Gasteiger partial charge < -0.3 is 19.5 Å². The van der Waals surface area contributed by atoms with E-state index in [0.29, 0.717) is 29.1 Å². The fourth-order valence-electron chi connectivity index (χ4n) is 2.26. The average molecular weight is 359 g/mol. The highest BCUT2D eigenvalue weighted by atomic mass is 19.1. The molecule has 0 heterocycles. The molecule has 136 valence electrons. The van der Waals surface area contributed by atoms with Crippen molar-refractivity contribution in [1.29, 1.82) is 0 Å². The summed E-state index contributed by atoms with van der Waals surface area (Å²) in [4.78, 5) is 22.8. The lowest BCUT2D eigenvalue weighted by molar-refractivity contribution is -0.111. The van der Waals surface area contributed by atoms with E-state index in [1.807, 2.05) is 0 Å². The summed E-state index contributed by atoms with van der Waals surface area (Å²) in [6, 6.07) is 7.02. The molecule has 0 aliphatic carbocycles. The van der Waals surface area contributed by atoms with Gasteiger partial charge in [-0.05, 0) is 42.0 Å². The molecule has 0 radical (unpaired) electrons. The second-order valence-electron chi connectivity index (χ2n) is 5.14. The van der Waals surface area contributed by atoms with E-state index >= 15 is 0 Å². The van der Waals surface area contributed by atoms with Gasteiger partial charge in [-0.15, -0.1) is 0 Å². The van der Waals surface area contributed by atoms with Crippen molar-refractivity contribution < 1.29 is 28.2 Å². The maximum absolute atomic E-state index is 13.7. The van der Waals surface area contributed by atoms with E-state index in [2.05, 4.69) is 5.32 Å². The number of nitrogens with one attached hydrogen (secondary N) is 1. The zero-order valence-corrected chi connectivity index (χ0v) is 14.5. The lowest BCUT2D eigenvalue weighted by atomic mass is 10.1. The molecule has 2 aromatic rings. The Labute approximate surface area is 150 Å². The normalized spacial score (nSPS) is 10.5. The van der Waals surface area contributed by atoms with Crippen LogP contribution >= 0.6 is 0 Å². The molecular formula is C19H18FNO5. The molecule has 2 aromatic carbocycles. The van der Waals surface area contributed by atoms with Gasteiger partial charge >= 0.3 is 0 Å². The van der Waals surface area contributed by atoms with Gasteiger partial charge in [-0.2, -0.15) is 0 Å². The number of anilines is 1. The number of hydrogen-bond acceptors (Lipinski definition) is 5. The molecule has 1 amide bonds. The van der Waals surface area contributed by atoms with Gasteiger partial charge in [0, 0.05) is 11.6 Å². The first-order chi connectivity index (χ1) is 12.5. The Bertz CT molecular complexity index is 823. The van der Waals surface area contributed by atoms with Crippen molar-refractivity contribution in [2.45, 2.75) is 0 Å². The highest BCUT2D eigenvalue weighted by Gasteiger charge is 2.12. The highest BCUT2D eigenvalue weighted by Crippen LogP contribution is 2.38. The quantitative estimate of drug-likeness (QED) is 0.606. The first-order valence-corrected chi connectivity index (χ1v) is 7.56. The lowest BCUT2D eigenvalue weighted by Crippen LogP contribution is -2.09. The number of halogens is 1. The van der Waals surface area contributed by atoms with Crippen LogP contribution in [0.2, 0.25) is 0 Å². The van der Waals surface area contributed by atoms with Crippen molar-refractivity contribution in [3.8, 4) is 17.2 Å². The molecule has 7 heteroatoms. The summed E-state index contributed by atoms with van der Waals surface area (Å²) in [5, 5.41) is 2.39. The molecule has 0 saturated heterocycles. The SMILES string of the molecule is COc1cc(/C=C/C(=O)Nc2cc(C=O)ccc2F)cc(OC)c1OC. The molecule has 0 aliphatic heterocycles. The number of carbonyl (C=O) groups excluding carboxylic acids is 2. The minimum atomic E-state index is -0.634. The van der Waals surface area contributed by atoms with Gasteiger partial charge in [0.05, 0.1) is 27.0 Å². The van der Waals surface area contributed by atoms with Gasteiger partial charge in [0.1, 0.15) is 12.1 Å². The van der Waals surface area contributed by atoms with Gasteiger partial charge in [-0.3, -0.25) is 9.59 Å². The summed E-state index contributed by atoms with van der Waals surface area (Å²) in [6.07, 6.45) is 3.32. The number of methoxy groups -OCH3 is 3. The molecule has 0 unspecified atom stereocenters. The van der Waals surface area contributed by atoms with Crippen molar-refractivity contribution >= 4 is 24.0 Å². The summed E-state index contributed by atoms with van der Waals surface area (Å²) in [6.45, 7) is 0. The van der Waals surface area contributed by atoms with E-state index in [1.165, 1.54) is 45.6 Å². The van der Waals surface area contributed by atoms with E-state index in [1.54, 1.807) is 12.1 Å². The molecule has 0 atom stereocenters. The minimum absolute atomic E-state index is 0.0749. The van der Waals surface area contributed by atoms with Crippen LogP contribution in [0.1, 0.15) is 15.9 Å². The van der Waals surface area contributed by atoms with Gasteiger partial charge in [-0.25, -0.2) is 4.39 Å². The molecule has 1 N–H and O–H groups in total. The predicted octanol–water partition coefficient (Wildman–Crippen LogP) is 3.32. The Balaban J connectivity index is 2.21. The van der Waals surface area contributed by atoms with Gasteiger partial charge in [0.2, 0.25) is 11.7 Å². The van der Waals surface area contributed by atoms with Crippen LogP contribution in [0.25, 0.3) is 6.08 Å². The Morgan fingerprint density at radius 1 is 1.00 bits per heavy atom. The van der Waals surface area contributed by atoms with Gasteiger partial charge in [0.15, 0.2) is 11.5 Å². The Morgan fingerprint density at radius 2 is 1.65 bits per heavy atom. The number of amides is 1. The number of benzene rings is 2. The minimum Gasteiger partial charge on any atom is -0.493 e. The molecular weight excluding hydrogens is 341 g/mol. The summed E-state index contributed by atoms with van der Waals surface area (Å²) >= 11 is 0. The molecule has 0 spiro atoms. The van der Waals surface area contributed by atoms with Crippen LogP contribution in [-0.4, -0.2) is 33.5 Å². The molecule has 0 aromatic heterocycles. The van der Waals surface area contributed by atoms with Crippen LogP contribution in [0.15, 0.2) is 36.4 Å². The number of rotatable bonds is 7. The fraction of sp³-hybridized carbons (Fsp3) is 0.158. The van der Waals surface area contributed by atoms with E-state index in [-0.39, 0.29) is 11.3 Å². The van der Waals surface area contributed by atoms with E-state index in [0.717, 1.165) is 6.07 Å². The zero-order chi connectivity index (χ0) is 19.1. The molecule has 6 nitrogen and oxygen atoms in total. The zero-order valence-electron chi connectivity index (χ0n) is 14.5. The number of hydrogen-bond donors (Lipinski definition) is 1. The van der Waals surface area contributed by atoms with Crippen molar-refractivity contribution in [2.75, 3.05) is 26.6 Å². The monoisotopic (exact) mass is 359 g/mol. The van der Waals surface area contributed by atoms with E-state index in [9.17, 15) is 14.0 Å². The number of aldehydes is 1. The lowest BCUT2D eigenvalue weighted by Gasteiger charge is -2.12. The molecule has 0 bridgehead atoms. The average Bonchev–Trinajstić information content (AvgIpc) is 2.67. The Kier molecular flexibility index (Phi) is 6.32. The van der Waals surface area contributed by atoms with Crippen LogP contribution in [-0.2, 0) is 4.79 Å². The largest absolute Gasteiger partial charge is 0.493 e. The van der Waals surface area contributed by atoms with Gasteiger partial charge in [-0.1, -0.05) is 0 Å². The highest BCUT2D eigenvalue weighted by molar-refractivity contribution is 6.02. The molecule has 26 heavy (non-hydrogen) atoms. The second-order valence-corrected chi connectivity index (χ2v) is 5.14. The first kappa shape index (κ1) is 19.0. The third-order valence-corrected chi connectivity index (χ3v) is 3.50. The van der Waals surface area contributed by atoms with Gasteiger partial charge in [0.25, 0.3) is 0 Å². The summed E-state index contributed by atoms with van der Waals surface area (Å²) in [5.41, 5.74) is 0.807. The van der Waals surface area contributed by atoms with Crippen molar-refractivity contribution in [3.05, 3.63) is 53.4 Å². The summed E-state index contributed by atoms with van der Waals surface area (Å²) in [5.74, 6) is 0.128. The Morgan fingerprint density at radius 3 is 2.19 bits per heavy atom. The smallest absolute Gasteiger partial charge is 0.248 e. The van der Waals surface area contributed by atoms with Crippen molar-refractivity contribution in [2.24, 2.45) is 0 Å². The standard InChI is InChI=1S/C19H18FNO5/c1-24-16-9-12(10-17(25-2)19(16)26-3)5-7-18(23)21-15-8-13(11-22)4-6-14(15)20/h4-11H,1-3H3,(H,21,23)/b7-5+. The van der Waals surface area contributed by atoms with E-state index in [4.69, 9.17) is 14.2 Å². The van der Waals surface area contributed by atoms with Crippen LogP contribution < -0.4 is 19.5 Å². The molecule has 0 saturated carbocycles. The number of carbonyl (C=O) groups is 2. The Hall–Kier alpha value is -3.35. The third-order valence-electron chi connectivity index (χ3n) is 3.50. The van der Waals surface area contributed by atoms with Crippen molar-refractivity contribution in [1.82, 2.24) is 0 Å². The fourth-order valence-corrected chi connectivity index (χ4v) is 2.26. The maximum Gasteiger partial charge on any atom is 0.248 e. The molecule has 0 fully saturated rings. The maximum atomic E-state index is 13.7. The third kappa shape index (κ3) is 4.38. The van der Waals surface area contributed by atoms with Crippen LogP contribution in [0.5, 0.6) is 17.2 Å². The van der Waals surface area contributed by atoms with E-state index < -0.39 is 11.7 Å². The summed E-state index contributed by atoms with van der Waals surface area (Å²) < 4.78 is 29.4. The van der Waals surface area contributed by atoms with Crippen LogP contribution in [0.4, 0.5) is 10.1 Å². The van der Waals surface area contributed by atoms with Crippen molar-refractivity contribution in [3.63, 3.8) is 0 Å². The molecule has 0 aliphatic rings. The first-order valence-electron chi connectivity index (χ1n) is 7.56. The van der Waals surface area contributed by atoms with Crippen LogP contribution in [0, 0.1) is 5.82 Å². The predicted molar refractivity (Wildman–Crippen MR) is 95.5 cm³/mol. The summed E-state index contributed by atoms with van der Waals surface area (Å²) in [7, 11) is 4.46. The topological polar surface area (TPSA) is 73.9 Å². The van der Waals surface area contributed by atoms with Crippen LogP contribution in [0.3, 0.4) is 0 Å². The number of ether oxygens (including phenoxy) is 3. The molecule has 2 rings (SSSR count). The second kappa shape index (κ2) is 8.66.